The second-order valence-electron chi connectivity index (χ2n) is 3.95. The van der Waals surface area contributed by atoms with Crippen molar-refractivity contribution >= 4 is 17.7 Å². The van der Waals surface area contributed by atoms with Crippen LogP contribution in [0.15, 0.2) is 40.6 Å². The van der Waals surface area contributed by atoms with Gasteiger partial charge in [0.1, 0.15) is 0 Å². The Morgan fingerprint density at radius 1 is 1.70 bits per heavy atom. The molecule has 0 saturated heterocycles. The summed E-state index contributed by atoms with van der Waals surface area (Å²) in [5, 5.41) is 10.7. The lowest BCUT2D eigenvalue weighted by Crippen LogP contribution is -2.31. The smallest absolute Gasteiger partial charge is 0.233 e. The lowest BCUT2D eigenvalue weighted by molar-refractivity contribution is -0.120. The molecule has 0 aromatic carbocycles. The van der Waals surface area contributed by atoms with Gasteiger partial charge < -0.3 is 15.6 Å². The van der Waals surface area contributed by atoms with Crippen molar-refractivity contribution < 1.29 is 9.21 Å². The van der Waals surface area contributed by atoms with Gasteiger partial charge in [0.05, 0.1) is 11.5 Å². The minimum atomic E-state index is -0.342. The molecule has 0 aliphatic rings. The van der Waals surface area contributed by atoms with Crippen LogP contribution < -0.4 is 11.2 Å². The molecular weight excluding hydrogens is 278 g/mol. The van der Waals surface area contributed by atoms with Crippen LogP contribution in [-0.2, 0) is 4.79 Å². The molecule has 1 atom stereocenters. The molecule has 3 N–H and O–H groups in total. The van der Waals surface area contributed by atoms with Crippen molar-refractivity contribution in [2.75, 3.05) is 12.4 Å². The third-order valence-corrected chi connectivity index (χ3v) is 3.53. The highest BCUT2D eigenvalue weighted by molar-refractivity contribution is 8.00. The predicted molar refractivity (Wildman–Crippen MR) is 76.4 cm³/mol. The van der Waals surface area contributed by atoms with Gasteiger partial charge >= 0.3 is 0 Å². The molecule has 0 aliphatic carbocycles. The fourth-order valence-corrected chi connectivity index (χ4v) is 2.25. The summed E-state index contributed by atoms with van der Waals surface area (Å²) in [5.41, 5.74) is 0. The minimum absolute atomic E-state index is 0.113. The first-order chi connectivity index (χ1) is 9.63. The maximum Gasteiger partial charge on any atom is 0.233 e. The molecular formula is C12H15N5O2S. The summed E-state index contributed by atoms with van der Waals surface area (Å²) in [6.07, 6.45) is 3.15. The first kappa shape index (κ1) is 14.2. The van der Waals surface area contributed by atoms with Crippen LogP contribution in [0.4, 0.5) is 0 Å². The van der Waals surface area contributed by atoms with E-state index in [1.807, 2.05) is 0 Å². The Morgan fingerprint density at radius 2 is 2.50 bits per heavy atom. The van der Waals surface area contributed by atoms with Crippen LogP contribution in [0, 0.1) is 0 Å². The van der Waals surface area contributed by atoms with E-state index in [4.69, 9.17) is 10.3 Å². The van der Waals surface area contributed by atoms with E-state index in [2.05, 4.69) is 22.1 Å². The van der Waals surface area contributed by atoms with Gasteiger partial charge in [-0.05, 0) is 19.1 Å². The molecule has 0 radical (unpaired) electrons. The molecule has 1 unspecified atom stereocenters. The van der Waals surface area contributed by atoms with Crippen molar-refractivity contribution in [2.24, 2.45) is 0 Å². The van der Waals surface area contributed by atoms with Crippen molar-refractivity contribution in [3.8, 4) is 11.6 Å². The highest BCUT2D eigenvalue weighted by Gasteiger charge is 2.20. The molecule has 0 spiro atoms. The summed E-state index contributed by atoms with van der Waals surface area (Å²) in [6.45, 7) is 5.74. The average molecular weight is 293 g/mol. The lowest BCUT2D eigenvalue weighted by atomic mass is 10.4. The number of nitrogens with two attached hydrogens (primary N) is 1. The van der Waals surface area contributed by atoms with Crippen molar-refractivity contribution in [2.45, 2.75) is 17.3 Å². The minimum Gasteiger partial charge on any atom is -0.461 e. The summed E-state index contributed by atoms with van der Waals surface area (Å²) in [7, 11) is 0. The van der Waals surface area contributed by atoms with Gasteiger partial charge in [0.25, 0.3) is 0 Å². The molecule has 0 aliphatic heterocycles. The first-order valence-electron chi connectivity index (χ1n) is 5.93. The average Bonchev–Trinajstić information content (AvgIpc) is 3.07. The zero-order chi connectivity index (χ0) is 14.5. The van der Waals surface area contributed by atoms with Crippen LogP contribution in [0.25, 0.3) is 11.6 Å². The van der Waals surface area contributed by atoms with E-state index in [1.165, 1.54) is 22.7 Å². The number of carbonyl (C=O) groups excluding carboxylic acids is 1. The van der Waals surface area contributed by atoms with E-state index in [-0.39, 0.29) is 11.2 Å². The van der Waals surface area contributed by atoms with E-state index in [0.29, 0.717) is 23.3 Å². The van der Waals surface area contributed by atoms with E-state index in [1.54, 1.807) is 25.1 Å². The van der Waals surface area contributed by atoms with Gasteiger partial charge in [0, 0.05) is 6.54 Å². The number of nitrogen functional groups attached to an aromatic ring is 1. The fourth-order valence-electron chi connectivity index (χ4n) is 1.46. The summed E-state index contributed by atoms with van der Waals surface area (Å²) in [4.78, 5) is 11.8. The Hall–Kier alpha value is -2.22. The largest absolute Gasteiger partial charge is 0.461 e. The fraction of sp³-hybridized carbons (Fsp3) is 0.250. The SMILES string of the molecule is C=CCNC(=O)C(C)Sc1nnc(-c2ccco2)n1N. The van der Waals surface area contributed by atoms with E-state index in [0.717, 1.165) is 0 Å². The Balaban J connectivity index is 2.07. The van der Waals surface area contributed by atoms with Gasteiger partial charge in [0.15, 0.2) is 5.76 Å². The van der Waals surface area contributed by atoms with Crippen LogP contribution >= 0.6 is 11.8 Å². The highest BCUT2D eigenvalue weighted by Crippen LogP contribution is 2.24. The maximum atomic E-state index is 11.8. The standard InChI is InChI=1S/C12H15N5O2S/c1-3-6-14-11(18)8(2)20-12-16-15-10(17(12)13)9-5-4-7-19-9/h3-5,7-8H,1,6,13H2,2H3,(H,14,18). The van der Waals surface area contributed by atoms with Crippen LogP contribution in [0.5, 0.6) is 0 Å². The number of rotatable bonds is 6. The first-order valence-corrected chi connectivity index (χ1v) is 6.81. The lowest BCUT2D eigenvalue weighted by Gasteiger charge is -2.09. The Labute approximate surface area is 120 Å². The molecule has 20 heavy (non-hydrogen) atoms. The zero-order valence-electron chi connectivity index (χ0n) is 10.9. The molecule has 2 heterocycles. The number of hydrogen-bond donors (Lipinski definition) is 2. The number of aromatic nitrogens is 3. The third-order valence-electron chi connectivity index (χ3n) is 2.48. The predicted octanol–water partition coefficient (Wildman–Crippen LogP) is 1.03. The van der Waals surface area contributed by atoms with Crippen molar-refractivity contribution in [3.63, 3.8) is 0 Å². The molecule has 0 saturated carbocycles. The number of amides is 1. The Morgan fingerprint density at radius 3 is 3.15 bits per heavy atom. The van der Waals surface area contributed by atoms with Gasteiger partial charge in [-0.3, -0.25) is 4.79 Å². The zero-order valence-corrected chi connectivity index (χ0v) is 11.8. The maximum absolute atomic E-state index is 11.8. The summed E-state index contributed by atoms with van der Waals surface area (Å²) in [6, 6.07) is 3.48. The molecule has 2 aromatic heterocycles. The van der Waals surface area contributed by atoms with Gasteiger partial charge in [-0.15, -0.1) is 16.8 Å². The number of carbonyl (C=O) groups is 1. The van der Waals surface area contributed by atoms with Crippen molar-refractivity contribution in [3.05, 3.63) is 31.1 Å². The molecule has 7 nitrogen and oxygen atoms in total. The normalized spacial score (nSPS) is 12.1. The highest BCUT2D eigenvalue weighted by atomic mass is 32.2. The number of thioether (sulfide) groups is 1. The molecule has 0 fully saturated rings. The van der Waals surface area contributed by atoms with Gasteiger partial charge in [0.2, 0.25) is 16.9 Å². The van der Waals surface area contributed by atoms with Crippen LogP contribution in [0.1, 0.15) is 6.92 Å². The molecule has 8 heteroatoms. The molecule has 0 bridgehead atoms. The van der Waals surface area contributed by atoms with Gasteiger partial charge in [-0.25, -0.2) is 4.68 Å². The third kappa shape index (κ3) is 3.02. The Bertz CT molecular complexity index is 593. The van der Waals surface area contributed by atoms with Gasteiger partial charge in [-0.2, -0.15) is 0 Å². The van der Waals surface area contributed by atoms with E-state index < -0.39 is 0 Å². The monoisotopic (exact) mass is 293 g/mol. The summed E-state index contributed by atoms with van der Waals surface area (Å²) < 4.78 is 6.52. The van der Waals surface area contributed by atoms with Crippen LogP contribution in [0.3, 0.4) is 0 Å². The van der Waals surface area contributed by atoms with E-state index >= 15 is 0 Å². The van der Waals surface area contributed by atoms with Gasteiger partial charge in [-0.1, -0.05) is 17.8 Å². The van der Waals surface area contributed by atoms with Crippen LogP contribution in [-0.4, -0.2) is 32.6 Å². The molecule has 106 valence electrons. The van der Waals surface area contributed by atoms with E-state index in [9.17, 15) is 4.79 Å². The summed E-state index contributed by atoms with van der Waals surface area (Å²) in [5.74, 6) is 6.73. The number of furan rings is 1. The number of hydrogen-bond acceptors (Lipinski definition) is 6. The van der Waals surface area contributed by atoms with Crippen LogP contribution in [0.2, 0.25) is 0 Å². The van der Waals surface area contributed by atoms with Crippen molar-refractivity contribution in [1.29, 1.82) is 0 Å². The second-order valence-corrected chi connectivity index (χ2v) is 5.26. The molecule has 2 rings (SSSR count). The Kier molecular flexibility index (Phi) is 4.46. The molecule has 1 amide bonds. The topological polar surface area (TPSA) is 99.0 Å². The number of nitrogens with zero attached hydrogens (tertiary/aromatic N) is 3. The second kappa shape index (κ2) is 6.29. The summed E-state index contributed by atoms with van der Waals surface area (Å²) >= 11 is 1.22. The van der Waals surface area contributed by atoms with Crippen molar-refractivity contribution in [1.82, 2.24) is 20.2 Å². The molecule has 2 aromatic rings. The quantitative estimate of drug-likeness (QED) is 0.469. The number of nitrogens with one attached hydrogen (secondary N) is 1.